The topological polar surface area (TPSA) is 89.3 Å². The highest BCUT2D eigenvalue weighted by Gasteiger charge is 2.33. The minimum Gasteiger partial charge on any atom is -0.497 e. The molecule has 0 radical (unpaired) electrons. The summed E-state index contributed by atoms with van der Waals surface area (Å²) in [4.78, 5) is 29.3. The largest absolute Gasteiger partial charge is 0.497 e. The van der Waals surface area contributed by atoms with Crippen molar-refractivity contribution in [1.82, 2.24) is 20.3 Å². The number of ether oxygens (including phenoxy) is 1. The maximum Gasteiger partial charge on any atom is 0.249 e. The number of aromatic nitrogens is 3. The molecular formula is C30H26FN5O3. The van der Waals surface area contributed by atoms with Gasteiger partial charge in [-0.15, -0.1) is 5.10 Å². The fourth-order valence-electron chi connectivity index (χ4n) is 4.36. The van der Waals surface area contributed by atoms with Crippen LogP contribution in [0.25, 0.3) is 11.0 Å². The highest BCUT2D eigenvalue weighted by Crippen LogP contribution is 2.30. The van der Waals surface area contributed by atoms with Gasteiger partial charge in [0, 0.05) is 12.2 Å². The Labute approximate surface area is 224 Å². The van der Waals surface area contributed by atoms with Gasteiger partial charge < -0.3 is 10.1 Å². The Morgan fingerprint density at radius 3 is 2.33 bits per heavy atom. The highest BCUT2D eigenvalue weighted by molar-refractivity contribution is 6.01. The zero-order chi connectivity index (χ0) is 27.2. The molecule has 0 saturated carbocycles. The Kier molecular flexibility index (Phi) is 7.58. The smallest absolute Gasteiger partial charge is 0.249 e. The van der Waals surface area contributed by atoms with E-state index in [9.17, 15) is 14.0 Å². The van der Waals surface area contributed by atoms with Gasteiger partial charge in [0.25, 0.3) is 0 Å². The lowest BCUT2D eigenvalue weighted by molar-refractivity contribution is -0.127. The molecule has 9 heteroatoms. The molecule has 0 aliphatic rings. The zero-order valence-electron chi connectivity index (χ0n) is 21.2. The zero-order valence-corrected chi connectivity index (χ0v) is 21.2. The number of hydrogen-bond donors (Lipinski definition) is 1. The summed E-state index contributed by atoms with van der Waals surface area (Å²) in [6.07, 6.45) is 0. The number of benzene rings is 4. The number of nitrogens with zero attached hydrogens (tertiary/aromatic N) is 4. The molecule has 0 bridgehead atoms. The number of hydrogen-bond acceptors (Lipinski definition) is 5. The minimum atomic E-state index is -0.998. The van der Waals surface area contributed by atoms with E-state index in [-0.39, 0.29) is 24.8 Å². The molecule has 0 aliphatic heterocycles. The molecular weight excluding hydrogens is 497 g/mol. The first-order valence-corrected chi connectivity index (χ1v) is 12.3. The third-order valence-corrected chi connectivity index (χ3v) is 6.33. The van der Waals surface area contributed by atoms with Crippen molar-refractivity contribution in [3.05, 3.63) is 120 Å². The summed E-state index contributed by atoms with van der Waals surface area (Å²) in [6.45, 7) is 0.0297. The molecule has 0 saturated heterocycles. The van der Waals surface area contributed by atoms with Crippen LogP contribution in [0.2, 0.25) is 0 Å². The number of para-hydroxylation sites is 1. The number of methoxy groups -OCH3 is 1. The predicted octanol–water partition coefficient (Wildman–Crippen LogP) is 4.67. The summed E-state index contributed by atoms with van der Waals surface area (Å²) in [5.74, 6) is -0.491. The first-order valence-electron chi connectivity index (χ1n) is 12.3. The number of carbonyl (C=O) groups is 2. The first kappa shape index (κ1) is 25.6. The SMILES string of the molecule is COc1ccc(N(C(=O)Cn2nnc3ccccc32)C(C(=O)NCc2ccc(F)cc2)c2ccccc2)cc1. The predicted molar refractivity (Wildman–Crippen MR) is 145 cm³/mol. The Bertz CT molecular complexity index is 1570. The molecule has 1 N–H and O–H groups in total. The molecule has 0 aliphatic carbocycles. The van der Waals surface area contributed by atoms with Gasteiger partial charge in [-0.25, -0.2) is 9.07 Å². The minimum absolute atomic E-state index is 0.138. The van der Waals surface area contributed by atoms with Crippen LogP contribution in [0.15, 0.2) is 103 Å². The van der Waals surface area contributed by atoms with Crippen LogP contribution in [0.1, 0.15) is 17.2 Å². The van der Waals surface area contributed by atoms with Crippen molar-refractivity contribution in [3.63, 3.8) is 0 Å². The lowest BCUT2D eigenvalue weighted by Gasteiger charge is -2.31. The van der Waals surface area contributed by atoms with Gasteiger partial charge >= 0.3 is 0 Å². The van der Waals surface area contributed by atoms with Gasteiger partial charge in [0.05, 0.1) is 12.6 Å². The summed E-state index contributed by atoms with van der Waals surface area (Å²) in [5.41, 5.74) is 3.24. The number of rotatable bonds is 9. The van der Waals surface area contributed by atoms with Crippen LogP contribution in [0, 0.1) is 5.82 Å². The van der Waals surface area contributed by atoms with Crippen molar-refractivity contribution >= 4 is 28.5 Å². The molecule has 1 atom stereocenters. The molecule has 0 fully saturated rings. The second-order valence-corrected chi connectivity index (χ2v) is 8.86. The third-order valence-electron chi connectivity index (χ3n) is 6.33. The molecule has 5 aromatic rings. The molecule has 2 amide bonds. The van der Waals surface area contributed by atoms with Gasteiger partial charge in [0.15, 0.2) is 0 Å². The maximum atomic E-state index is 14.0. The van der Waals surface area contributed by atoms with Crippen molar-refractivity contribution in [1.29, 1.82) is 0 Å². The lowest BCUT2D eigenvalue weighted by Crippen LogP contribution is -2.45. The van der Waals surface area contributed by atoms with Crippen LogP contribution in [-0.2, 0) is 22.7 Å². The Balaban J connectivity index is 1.52. The fourth-order valence-corrected chi connectivity index (χ4v) is 4.36. The summed E-state index contributed by atoms with van der Waals surface area (Å²) in [5, 5.41) is 11.2. The Morgan fingerprint density at radius 2 is 1.62 bits per heavy atom. The first-order chi connectivity index (χ1) is 19.0. The van der Waals surface area contributed by atoms with Gasteiger partial charge in [-0.3, -0.25) is 14.5 Å². The van der Waals surface area contributed by atoms with Crippen LogP contribution in [0.3, 0.4) is 0 Å². The average Bonchev–Trinajstić information content (AvgIpc) is 3.38. The average molecular weight is 524 g/mol. The third kappa shape index (κ3) is 5.77. The maximum absolute atomic E-state index is 14.0. The summed E-state index contributed by atoms with van der Waals surface area (Å²) in [7, 11) is 1.56. The quantitative estimate of drug-likeness (QED) is 0.303. The molecule has 1 aromatic heterocycles. The van der Waals surface area contributed by atoms with E-state index in [1.54, 1.807) is 55.6 Å². The van der Waals surface area contributed by atoms with E-state index < -0.39 is 11.9 Å². The van der Waals surface area contributed by atoms with E-state index >= 15 is 0 Å². The normalized spacial score (nSPS) is 11.6. The summed E-state index contributed by atoms with van der Waals surface area (Å²) >= 11 is 0. The Morgan fingerprint density at radius 1 is 0.923 bits per heavy atom. The van der Waals surface area contributed by atoms with Gasteiger partial charge in [0.2, 0.25) is 11.8 Å². The van der Waals surface area contributed by atoms with E-state index in [2.05, 4.69) is 15.6 Å². The van der Waals surface area contributed by atoms with Crippen LogP contribution in [0.5, 0.6) is 5.75 Å². The standard InChI is InChI=1S/C30H26FN5O3/c1-39-25-17-15-24(16-18-25)36(28(37)20-35-27-10-6-5-9-26(27)33-34-35)29(22-7-3-2-4-8-22)30(38)32-19-21-11-13-23(31)14-12-21/h2-18,29H,19-20H2,1H3,(H,32,38). The van der Waals surface area contributed by atoms with E-state index in [4.69, 9.17) is 4.74 Å². The van der Waals surface area contributed by atoms with Crippen molar-refractivity contribution < 1.29 is 18.7 Å². The van der Waals surface area contributed by atoms with Crippen molar-refractivity contribution in [2.75, 3.05) is 12.0 Å². The van der Waals surface area contributed by atoms with Gasteiger partial charge in [-0.05, 0) is 59.7 Å². The molecule has 1 unspecified atom stereocenters. The van der Waals surface area contributed by atoms with E-state index in [1.165, 1.54) is 21.7 Å². The number of amides is 2. The number of halogens is 1. The second-order valence-electron chi connectivity index (χ2n) is 8.86. The van der Waals surface area contributed by atoms with Crippen molar-refractivity contribution in [3.8, 4) is 5.75 Å². The van der Waals surface area contributed by atoms with Gasteiger partial charge in [-0.2, -0.15) is 0 Å². The van der Waals surface area contributed by atoms with Crippen molar-refractivity contribution in [2.45, 2.75) is 19.1 Å². The highest BCUT2D eigenvalue weighted by atomic mass is 19.1. The molecule has 39 heavy (non-hydrogen) atoms. The second kappa shape index (κ2) is 11.6. The molecule has 4 aromatic carbocycles. The van der Waals surface area contributed by atoms with E-state index in [1.807, 2.05) is 42.5 Å². The number of nitrogens with one attached hydrogen (secondary N) is 1. The molecule has 1 heterocycles. The van der Waals surface area contributed by atoms with Crippen LogP contribution in [0.4, 0.5) is 10.1 Å². The van der Waals surface area contributed by atoms with E-state index in [0.717, 1.165) is 5.56 Å². The van der Waals surface area contributed by atoms with E-state index in [0.29, 0.717) is 28.0 Å². The number of carbonyl (C=O) groups excluding carboxylic acids is 2. The van der Waals surface area contributed by atoms with Crippen LogP contribution in [-0.4, -0.2) is 33.9 Å². The fraction of sp³-hybridized carbons (Fsp3) is 0.133. The molecule has 196 valence electrons. The molecule has 8 nitrogen and oxygen atoms in total. The Hall–Kier alpha value is -5.05. The number of fused-ring (bicyclic) bond motifs is 1. The van der Waals surface area contributed by atoms with Crippen LogP contribution >= 0.6 is 0 Å². The monoisotopic (exact) mass is 523 g/mol. The van der Waals surface area contributed by atoms with Crippen LogP contribution < -0.4 is 15.0 Å². The number of anilines is 1. The molecule has 5 rings (SSSR count). The summed E-state index contributed by atoms with van der Waals surface area (Å²) < 4.78 is 20.2. The van der Waals surface area contributed by atoms with Crippen molar-refractivity contribution in [2.24, 2.45) is 0 Å². The van der Waals surface area contributed by atoms with Gasteiger partial charge in [0.1, 0.15) is 29.7 Å². The summed E-state index contributed by atoms with van der Waals surface area (Å²) in [6, 6.07) is 28.3. The molecule has 0 spiro atoms. The van der Waals surface area contributed by atoms with Gasteiger partial charge in [-0.1, -0.05) is 59.8 Å². The lowest BCUT2D eigenvalue weighted by atomic mass is 10.0.